The molecule has 1 atom stereocenters. The molecule has 174 valence electrons. The molecule has 1 amide bonds. The van der Waals surface area contributed by atoms with Crippen LogP contribution >= 0.6 is 0 Å². The van der Waals surface area contributed by atoms with Gasteiger partial charge in [-0.15, -0.1) is 0 Å². The molecule has 0 aliphatic heterocycles. The second kappa shape index (κ2) is 9.65. The van der Waals surface area contributed by atoms with Crippen molar-refractivity contribution in [3.05, 3.63) is 48.3 Å². The molecular formula is C16H15F6NO7S. The molecule has 1 rings (SSSR count). The van der Waals surface area contributed by atoms with Gasteiger partial charge in [-0.1, -0.05) is 36.9 Å². The molecule has 0 saturated heterocycles. The average molecular weight is 479 g/mol. The first-order valence-corrected chi connectivity index (χ1v) is 9.43. The van der Waals surface area contributed by atoms with E-state index in [0.29, 0.717) is 0 Å². The second-order valence-electron chi connectivity index (χ2n) is 5.79. The van der Waals surface area contributed by atoms with Crippen LogP contribution < -0.4 is 5.32 Å². The zero-order valence-corrected chi connectivity index (χ0v) is 16.1. The third kappa shape index (κ3) is 6.67. The lowest BCUT2D eigenvalue weighted by atomic mass is 10.2. The SMILES string of the molecule is C=C(F)C(=O)OC(OCCC(F)(F)S(=O)(=O)O)(C(=O)NCc1ccccc1)C(F)(F)F. The third-order valence-electron chi connectivity index (χ3n) is 3.50. The van der Waals surface area contributed by atoms with Gasteiger partial charge in [-0.3, -0.25) is 9.35 Å². The maximum absolute atomic E-state index is 13.7. The predicted molar refractivity (Wildman–Crippen MR) is 90.5 cm³/mol. The van der Waals surface area contributed by atoms with Crippen LogP contribution in [0.1, 0.15) is 12.0 Å². The largest absolute Gasteiger partial charge is 0.466 e. The van der Waals surface area contributed by atoms with Crippen LogP contribution in [-0.2, 0) is 35.7 Å². The molecule has 1 aromatic carbocycles. The number of ether oxygens (including phenoxy) is 2. The van der Waals surface area contributed by atoms with Crippen molar-refractivity contribution >= 4 is 22.0 Å². The summed E-state index contributed by atoms with van der Waals surface area (Å²) in [5.41, 5.74) is 0.269. The first kappa shape index (κ1) is 26.4. The van der Waals surface area contributed by atoms with Gasteiger partial charge in [0.25, 0.3) is 0 Å². The summed E-state index contributed by atoms with van der Waals surface area (Å²) in [6.07, 6.45) is -8.00. The number of nitrogens with one attached hydrogen (secondary N) is 1. The fourth-order valence-electron chi connectivity index (χ4n) is 1.93. The van der Waals surface area contributed by atoms with E-state index in [4.69, 9.17) is 4.55 Å². The highest BCUT2D eigenvalue weighted by atomic mass is 32.2. The standard InChI is InChI=1S/C16H15F6NO7S/c1-10(17)12(24)30-15(16(20,21)22,29-8-7-14(18,19)31(26,27)28)13(25)23-9-11-5-3-2-4-6-11/h2-6H,1,7-9H2,(H,23,25)(H,26,27,28). The van der Waals surface area contributed by atoms with E-state index in [1.165, 1.54) is 24.3 Å². The molecule has 0 aromatic heterocycles. The summed E-state index contributed by atoms with van der Waals surface area (Å²) in [6, 6.07) is 7.27. The van der Waals surface area contributed by atoms with Crippen molar-refractivity contribution in [2.45, 2.75) is 30.2 Å². The summed E-state index contributed by atoms with van der Waals surface area (Å²) in [7, 11) is -6.04. The van der Waals surface area contributed by atoms with Crippen LogP contribution in [0.2, 0.25) is 0 Å². The van der Waals surface area contributed by atoms with Crippen LogP contribution in [-0.4, -0.2) is 48.7 Å². The molecule has 0 spiro atoms. The number of carbonyl (C=O) groups is 2. The molecule has 8 nitrogen and oxygen atoms in total. The van der Waals surface area contributed by atoms with E-state index < -0.39 is 64.6 Å². The van der Waals surface area contributed by atoms with E-state index in [9.17, 15) is 44.3 Å². The predicted octanol–water partition coefficient (Wildman–Crippen LogP) is 2.48. The number of hydrogen-bond donors (Lipinski definition) is 2. The van der Waals surface area contributed by atoms with Gasteiger partial charge in [-0.05, 0) is 5.56 Å². The number of esters is 1. The Balaban J connectivity index is 3.22. The van der Waals surface area contributed by atoms with Crippen molar-refractivity contribution in [2.75, 3.05) is 6.61 Å². The molecule has 0 fully saturated rings. The topological polar surface area (TPSA) is 119 Å². The zero-order valence-electron chi connectivity index (χ0n) is 15.3. The van der Waals surface area contributed by atoms with Gasteiger partial charge < -0.3 is 14.8 Å². The van der Waals surface area contributed by atoms with Crippen LogP contribution in [0.5, 0.6) is 0 Å². The molecule has 0 heterocycles. The maximum Gasteiger partial charge on any atom is 0.466 e. The van der Waals surface area contributed by atoms with Crippen LogP contribution in [0.15, 0.2) is 42.7 Å². The Morgan fingerprint density at radius 1 is 1.10 bits per heavy atom. The van der Waals surface area contributed by atoms with Crippen LogP contribution in [0.25, 0.3) is 0 Å². The normalized spacial score (nSPS) is 14.4. The van der Waals surface area contributed by atoms with Crippen LogP contribution in [0.3, 0.4) is 0 Å². The lowest BCUT2D eigenvalue weighted by Gasteiger charge is -2.33. The minimum absolute atomic E-state index is 0.269. The van der Waals surface area contributed by atoms with Crippen molar-refractivity contribution in [1.82, 2.24) is 5.32 Å². The van der Waals surface area contributed by atoms with Gasteiger partial charge in [-0.25, -0.2) is 4.79 Å². The molecule has 0 aliphatic carbocycles. The lowest BCUT2D eigenvalue weighted by molar-refractivity contribution is -0.348. The fraction of sp³-hybridized carbons (Fsp3) is 0.375. The van der Waals surface area contributed by atoms with Crippen molar-refractivity contribution in [3.8, 4) is 0 Å². The van der Waals surface area contributed by atoms with Crippen molar-refractivity contribution in [1.29, 1.82) is 0 Å². The Morgan fingerprint density at radius 2 is 1.65 bits per heavy atom. The summed E-state index contributed by atoms with van der Waals surface area (Å²) in [6.45, 7) is -0.0394. The summed E-state index contributed by atoms with van der Waals surface area (Å²) in [5, 5.41) is -3.26. The Hall–Kier alpha value is -2.65. The molecule has 2 N–H and O–H groups in total. The number of halogens is 6. The molecule has 15 heteroatoms. The van der Waals surface area contributed by atoms with Gasteiger partial charge in [0, 0.05) is 6.54 Å². The number of hydrogen-bond acceptors (Lipinski definition) is 6. The van der Waals surface area contributed by atoms with Crippen LogP contribution in [0, 0.1) is 0 Å². The monoisotopic (exact) mass is 479 g/mol. The first-order chi connectivity index (χ1) is 14.0. The molecule has 0 bridgehead atoms. The van der Waals surface area contributed by atoms with E-state index in [1.54, 1.807) is 11.4 Å². The van der Waals surface area contributed by atoms with Gasteiger partial charge in [-0.2, -0.15) is 34.8 Å². The Kier molecular flexibility index (Phi) is 8.22. The Morgan fingerprint density at radius 3 is 2.10 bits per heavy atom. The van der Waals surface area contributed by atoms with E-state index in [0.717, 1.165) is 0 Å². The number of alkyl halides is 5. The van der Waals surface area contributed by atoms with Gasteiger partial charge in [0.05, 0.1) is 13.0 Å². The van der Waals surface area contributed by atoms with E-state index in [2.05, 4.69) is 16.1 Å². The highest BCUT2D eigenvalue weighted by Crippen LogP contribution is 2.37. The minimum atomic E-state index is -6.04. The molecule has 0 aliphatic rings. The molecule has 1 aromatic rings. The number of carbonyl (C=O) groups excluding carboxylic acids is 2. The number of rotatable bonds is 10. The summed E-state index contributed by atoms with van der Waals surface area (Å²) in [4.78, 5) is 23.6. The summed E-state index contributed by atoms with van der Waals surface area (Å²) < 4.78 is 118. The highest BCUT2D eigenvalue weighted by Gasteiger charge is 2.66. The van der Waals surface area contributed by atoms with Crippen molar-refractivity contribution in [2.24, 2.45) is 0 Å². The summed E-state index contributed by atoms with van der Waals surface area (Å²) in [5.74, 6) is -11.3. The first-order valence-electron chi connectivity index (χ1n) is 7.99. The van der Waals surface area contributed by atoms with Gasteiger partial charge >= 0.3 is 39.2 Å². The zero-order chi connectivity index (χ0) is 24.1. The van der Waals surface area contributed by atoms with Gasteiger partial charge in [0.1, 0.15) is 0 Å². The summed E-state index contributed by atoms with van der Waals surface area (Å²) >= 11 is 0. The third-order valence-corrected chi connectivity index (χ3v) is 4.46. The molecule has 0 radical (unpaired) electrons. The number of amides is 1. The fourth-order valence-corrected chi connectivity index (χ4v) is 2.27. The quantitative estimate of drug-likeness (QED) is 0.174. The van der Waals surface area contributed by atoms with E-state index in [-0.39, 0.29) is 5.56 Å². The highest BCUT2D eigenvalue weighted by molar-refractivity contribution is 7.86. The maximum atomic E-state index is 13.7. The molecule has 1 unspecified atom stereocenters. The lowest BCUT2D eigenvalue weighted by Crippen LogP contribution is -2.61. The van der Waals surface area contributed by atoms with Gasteiger partial charge in [0.2, 0.25) is 5.83 Å². The molecule has 31 heavy (non-hydrogen) atoms. The van der Waals surface area contributed by atoms with Crippen molar-refractivity contribution < 1.29 is 58.4 Å². The molecule has 0 saturated carbocycles. The Bertz CT molecular complexity index is 920. The smallest absolute Gasteiger partial charge is 0.410 e. The Labute approximate surface area is 171 Å². The minimum Gasteiger partial charge on any atom is -0.410 e. The molecular weight excluding hydrogens is 464 g/mol. The second-order valence-corrected chi connectivity index (χ2v) is 7.34. The van der Waals surface area contributed by atoms with Crippen LogP contribution in [0.4, 0.5) is 26.3 Å². The number of benzene rings is 1. The average Bonchev–Trinajstić information content (AvgIpc) is 2.63. The van der Waals surface area contributed by atoms with Gasteiger partial charge in [0.15, 0.2) is 0 Å². The van der Waals surface area contributed by atoms with E-state index >= 15 is 0 Å². The van der Waals surface area contributed by atoms with Crippen molar-refractivity contribution in [3.63, 3.8) is 0 Å². The van der Waals surface area contributed by atoms with E-state index in [1.807, 2.05) is 0 Å².